The van der Waals surface area contributed by atoms with Crippen molar-refractivity contribution in [3.05, 3.63) is 65.7 Å². The zero-order valence-corrected chi connectivity index (χ0v) is 11.4. The van der Waals surface area contributed by atoms with Crippen molar-refractivity contribution in [3.8, 4) is 0 Å². The maximum atomic E-state index is 13.0. The predicted octanol–water partition coefficient (Wildman–Crippen LogP) is 3.08. The van der Waals surface area contributed by atoms with Crippen LogP contribution in [0.1, 0.15) is 12.0 Å². The van der Waals surface area contributed by atoms with E-state index in [0.717, 1.165) is 17.7 Å². The van der Waals surface area contributed by atoms with E-state index in [2.05, 4.69) is 10.6 Å². The highest BCUT2D eigenvalue weighted by Crippen LogP contribution is 2.12. The molecule has 2 N–H and O–H groups in total. The van der Waals surface area contributed by atoms with Crippen LogP contribution in [0.2, 0.25) is 0 Å². The Morgan fingerprint density at radius 1 is 1.00 bits per heavy atom. The van der Waals surface area contributed by atoms with Crippen LogP contribution in [-0.2, 0) is 11.3 Å². The number of benzene rings is 2. The van der Waals surface area contributed by atoms with Crippen LogP contribution in [0.15, 0.2) is 48.5 Å². The smallest absolute Gasteiger partial charge is 0.222 e. The molecule has 0 aliphatic heterocycles. The maximum Gasteiger partial charge on any atom is 0.222 e. The molecule has 0 aliphatic carbocycles. The lowest BCUT2D eigenvalue weighted by Crippen LogP contribution is -2.24. The van der Waals surface area contributed by atoms with Gasteiger partial charge < -0.3 is 10.6 Å². The number of hydrogen-bond acceptors (Lipinski definition) is 2. The summed E-state index contributed by atoms with van der Waals surface area (Å²) in [5.74, 6) is -1.90. The van der Waals surface area contributed by atoms with E-state index in [1.54, 1.807) is 0 Å². The van der Waals surface area contributed by atoms with Gasteiger partial charge in [-0.25, -0.2) is 8.78 Å². The van der Waals surface area contributed by atoms with E-state index in [1.807, 2.05) is 30.3 Å². The fraction of sp³-hybridized carbons (Fsp3) is 0.188. The van der Waals surface area contributed by atoms with Crippen molar-refractivity contribution in [1.82, 2.24) is 5.32 Å². The first kappa shape index (κ1) is 15.0. The third kappa shape index (κ3) is 4.87. The van der Waals surface area contributed by atoms with E-state index in [4.69, 9.17) is 0 Å². The van der Waals surface area contributed by atoms with Gasteiger partial charge in [0.15, 0.2) is 11.6 Å². The minimum Gasteiger partial charge on any atom is -0.384 e. The molecule has 0 heterocycles. The first-order valence-electron chi connectivity index (χ1n) is 6.65. The van der Waals surface area contributed by atoms with Gasteiger partial charge in [0, 0.05) is 25.2 Å². The summed E-state index contributed by atoms with van der Waals surface area (Å²) in [7, 11) is 0. The first-order chi connectivity index (χ1) is 10.1. The standard InChI is InChI=1S/C16H16F2N2O/c17-14-7-6-13(10-15(14)18)19-9-8-16(21)20-11-12-4-2-1-3-5-12/h1-7,10,19H,8-9,11H2,(H,20,21). The lowest BCUT2D eigenvalue weighted by molar-refractivity contribution is -0.121. The fourth-order valence-electron chi connectivity index (χ4n) is 1.81. The summed E-state index contributed by atoms with van der Waals surface area (Å²) in [5, 5.41) is 5.67. The van der Waals surface area contributed by atoms with Gasteiger partial charge in [0.05, 0.1) is 0 Å². The van der Waals surface area contributed by atoms with Crippen molar-refractivity contribution >= 4 is 11.6 Å². The van der Waals surface area contributed by atoms with E-state index in [0.29, 0.717) is 18.8 Å². The van der Waals surface area contributed by atoms with Gasteiger partial charge in [-0.05, 0) is 23.8 Å². The Balaban J connectivity index is 1.70. The largest absolute Gasteiger partial charge is 0.384 e. The highest BCUT2D eigenvalue weighted by Gasteiger charge is 2.04. The second-order valence-corrected chi connectivity index (χ2v) is 4.57. The second-order valence-electron chi connectivity index (χ2n) is 4.57. The average Bonchev–Trinajstić information content (AvgIpc) is 2.50. The molecule has 0 bridgehead atoms. The lowest BCUT2D eigenvalue weighted by Gasteiger charge is -2.08. The molecule has 0 fully saturated rings. The van der Waals surface area contributed by atoms with Crippen LogP contribution in [0.5, 0.6) is 0 Å². The molecule has 3 nitrogen and oxygen atoms in total. The van der Waals surface area contributed by atoms with Crippen molar-refractivity contribution in [2.75, 3.05) is 11.9 Å². The van der Waals surface area contributed by atoms with Crippen molar-refractivity contribution in [2.24, 2.45) is 0 Å². The molecule has 2 aromatic rings. The number of anilines is 1. The minimum atomic E-state index is -0.909. The van der Waals surface area contributed by atoms with E-state index < -0.39 is 11.6 Å². The number of hydrogen-bond donors (Lipinski definition) is 2. The van der Waals surface area contributed by atoms with Gasteiger partial charge in [-0.2, -0.15) is 0 Å². The quantitative estimate of drug-likeness (QED) is 0.858. The fourth-order valence-corrected chi connectivity index (χ4v) is 1.81. The summed E-state index contributed by atoms with van der Waals surface area (Å²) < 4.78 is 25.7. The van der Waals surface area contributed by atoms with E-state index in [-0.39, 0.29) is 12.3 Å². The third-order valence-corrected chi connectivity index (χ3v) is 2.93. The van der Waals surface area contributed by atoms with Gasteiger partial charge in [-0.3, -0.25) is 4.79 Å². The molecule has 0 spiro atoms. The molecule has 0 aliphatic rings. The maximum absolute atomic E-state index is 13.0. The Morgan fingerprint density at radius 3 is 2.48 bits per heavy atom. The molecule has 2 aromatic carbocycles. The molecule has 5 heteroatoms. The average molecular weight is 290 g/mol. The summed E-state index contributed by atoms with van der Waals surface area (Å²) in [6, 6.07) is 13.1. The van der Waals surface area contributed by atoms with E-state index in [1.165, 1.54) is 6.07 Å². The van der Waals surface area contributed by atoms with Gasteiger partial charge in [-0.15, -0.1) is 0 Å². The van der Waals surface area contributed by atoms with Gasteiger partial charge in [0.1, 0.15) is 0 Å². The van der Waals surface area contributed by atoms with Crippen LogP contribution < -0.4 is 10.6 Å². The first-order valence-corrected chi connectivity index (χ1v) is 6.65. The molecular formula is C16H16F2N2O. The number of carbonyl (C=O) groups excluding carboxylic acids is 1. The summed E-state index contributed by atoms with van der Waals surface area (Å²) in [6.07, 6.45) is 0.256. The number of carbonyl (C=O) groups is 1. The molecule has 0 aromatic heterocycles. The van der Waals surface area contributed by atoms with Crippen molar-refractivity contribution < 1.29 is 13.6 Å². The summed E-state index contributed by atoms with van der Waals surface area (Å²) in [5.41, 5.74) is 1.48. The monoisotopic (exact) mass is 290 g/mol. The van der Waals surface area contributed by atoms with Crippen LogP contribution in [0, 0.1) is 11.6 Å². The molecule has 2 rings (SSSR count). The summed E-state index contributed by atoms with van der Waals surface area (Å²) in [6.45, 7) is 0.830. The van der Waals surface area contributed by atoms with Gasteiger partial charge in [-0.1, -0.05) is 30.3 Å². The summed E-state index contributed by atoms with van der Waals surface area (Å²) in [4.78, 5) is 11.6. The third-order valence-electron chi connectivity index (χ3n) is 2.93. The second kappa shape index (κ2) is 7.38. The molecular weight excluding hydrogens is 274 g/mol. The Labute approximate surface area is 122 Å². The van der Waals surface area contributed by atoms with Gasteiger partial charge in [0.25, 0.3) is 0 Å². The van der Waals surface area contributed by atoms with Crippen LogP contribution in [0.25, 0.3) is 0 Å². The Bertz CT molecular complexity index is 602. The minimum absolute atomic E-state index is 0.103. The number of nitrogens with one attached hydrogen (secondary N) is 2. The molecule has 0 radical (unpaired) electrons. The SMILES string of the molecule is O=C(CCNc1ccc(F)c(F)c1)NCc1ccccc1. The number of halogens is 2. The predicted molar refractivity (Wildman–Crippen MR) is 77.8 cm³/mol. The van der Waals surface area contributed by atoms with Crippen molar-refractivity contribution in [2.45, 2.75) is 13.0 Å². The molecule has 0 saturated carbocycles. The summed E-state index contributed by atoms with van der Waals surface area (Å²) >= 11 is 0. The number of amides is 1. The highest BCUT2D eigenvalue weighted by atomic mass is 19.2. The topological polar surface area (TPSA) is 41.1 Å². The van der Waals surface area contributed by atoms with Crippen LogP contribution >= 0.6 is 0 Å². The zero-order valence-electron chi connectivity index (χ0n) is 11.4. The normalized spacial score (nSPS) is 10.2. The van der Waals surface area contributed by atoms with E-state index >= 15 is 0 Å². The molecule has 0 atom stereocenters. The van der Waals surface area contributed by atoms with Gasteiger partial charge >= 0.3 is 0 Å². The molecule has 0 saturated heterocycles. The van der Waals surface area contributed by atoms with Crippen molar-refractivity contribution in [1.29, 1.82) is 0 Å². The highest BCUT2D eigenvalue weighted by molar-refractivity contribution is 5.76. The number of rotatable bonds is 6. The Hall–Kier alpha value is -2.43. The van der Waals surface area contributed by atoms with Crippen LogP contribution in [-0.4, -0.2) is 12.5 Å². The molecule has 0 unspecified atom stereocenters. The van der Waals surface area contributed by atoms with Gasteiger partial charge in [0.2, 0.25) is 5.91 Å². The van der Waals surface area contributed by atoms with E-state index in [9.17, 15) is 13.6 Å². The Morgan fingerprint density at radius 2 is 1.76 bits per heavy atom. The Kier molecular flexibility index (Phi) is 5.26. The lowest BCUT2D eigenvalue weighted by atomic mass is 10.2. The molecule has 21 heavy (non-hydrogen) atoms. The molecule has 110 valence electrons. The molecule has 1 amide bonds. The van der Waals surface area contributed by atoms with Crippen LogP contribution in [0.4, 0.5) is 14.5 Å². The zero-order chi connectivity index (χ0) is 15.1. The van der Waals surface area contributed by atoms with Crippen molar-refractivity contribution in [3.63, 3.8) is 0 Å². The van der Waals surface area contributed by atoms with Crippen LogP contribution in [0.3, 0.4) is 0 Å².